The van der Waals surface area contributed by atoms with Crippen LogP contribution in [0, 0.1) is 0 Å². The quantitative estimate of drug-likeness (QED) is 0.123. The molecule has 3 N–H and O–H groups in total. The zero-order valence-corrected chi connectivity index (χ0v) is 39.3. The number of hydrogen-bond donors (Lipinski definition) is 3. The third-order valence-corrected chi connectivity index (χ3v) is 13.3. The van der Waals surface area contributed by atoms with E-state index in [0.717, 1.165) is 16.0 Å². The average Bonchev–Trinajstić information content (AvgIpc) is 3.50. The van der Waals surface area contributed by atoms with Crippen LogP contribution in [0.4, 0.5) is 10.5 Å². The van der Waals surface area contributed by atoms with Crippen molar-refractivity contribution in [3.05, 3.63) is 46.5 Å². The Morgan fingerprint density at radius 3 is 2.52 bits per heavy atom. The van der Waals surface area contributed by atoms with Gasteiger partial charge in [-0.1, -0.05) is 35.4 Å². The van der Waals surface area contributed by atoms with Gasteiger partial charge in [0.15, 0.2) is 11.8 Å². The molecule has 6 bridgehead atoms. The summed E-state index contributed by atoms with van der Waals surface area (Å²) < 4.78 is 40.9. The summed E-state index contributed by atoms with van der Waals surface area (Å²) in [6, 6.07) is 3.56. The zero-order valence-electron chi connectivity index (χ0n) is 37.7. The molecular formula is C44H61ClN4O14S. The second-order valence-corrected chi connectivity index (χ2v) is 18.5. The van der Waals surface area contributed by atoms with Crippen molar-refractivity contribution in [2.24, 2.45) is 0 Å². The summed E-state index contributed by atoms with van der Waals surface area (Å²) in [5, 5.41) is 16.6. The van der Waals surface area contributed by atoms with Crippen molar-refractivity contribution in [2.45, 2.75) is 120 Å². The van der Waals surface area contributed by atoms with Gasteiger partial charge in [0.2, 0.25) is 23.6 Å². The first-order valence-electron chi connectivity index (χ1n) is 21.3. The molecule has 3 fully saturated rings. The van der Waals surface area contributed by atoms with Crippen LogP contribution in [0.3, 0.4) is 0 Å². The van der Waals surface area contributed by atoms with Crippen molar-refractivity contribution in [3.63, 3.8) is 0 Å². The van der Waals surface area contributed by atoms with E-state index in [2.05, 4.69) is 10.6 Å². The van der Waals surface area contributed by atoms with Crippen LogP contribution in [0.2, 0.25) is 5.02 Å². The van der Waals surface area contributed by atoms with Gasteiger partial charge in [-0.05, 0) is 58.7 Å². The standard InChI is InChI=1S/C44H61ClN4O14S/c1-9-46-35(50)13-14-49-37(52)22-31(39(49)53)64-18-17-59-15-16-60-27(3)40(54)61-33-23-36(51)48(6)29-20-28(21-30(57-7)38(29)45)19-26(2)11-10-12-32(58-8)44(56)24-34(62-41(55)47-44)43(5)25-42(33,4)63-43/h10-12,20-21,27,31-34,56H,9,13-19,22-25H2,1-8H3,(H,46,50)(H,47,55)/b12-10+,26-11+/t27-,31?,32+,33-,34?,42+,43?,44-/m0/s1. The van der Waals surface area contributed by atoms with E-state index in [0.29, 0.717) is 30.2 Å². The number of nitrogens with one attached hydrogen (secondary N) is 2. The highest BCUT2D eigenvalue weighted by atomic mass is 35.5. The number of likely N-dealkylation sites (tertiary alicyclic amines) is 1. The largest absolute Gasteiger partial charge is 0.495 e. The minimum absolute atomic E-state index is 0.0144. The Labute approximate surface area is 383 Å². The van der Waals surface area contributed by atoms with Crippen molar-refractivity contribution >= 4 is 64.7 Å². The molecule has 5 aliphatic rings. The number of amides is 5. The number of esters is 1. The van der Waals surface area contributed by atoms with Gasteiger partial charge in [-0.2, -0.15) is 0 Å². The SMILES string of the molecule is CCNC(=O)CCN1C(=O)CC(SCCOCCO[C@@H](C)C(=O)O[C@H]2CC(=O)N(C)c3cc(cc(OC)c3Cl)C/C(C)=C/C=C/[C@@H](OC)[C@@]3(O)CC(OC(=O)N3)C3(C)C[C@@]2(C)O3)C1=O. The van der Waals surface area contributed by atoms with E-state index < -0.39 is 64.6 Å². The highest BCUT2D eigenvalue weighted by Crippen LogP contribution is 2.50. The lowest BCUT2D eigenvalue weighted by Crippen LogP contribution is -2.72. The van der Waals surface area contributed by atoms with Crippen LogP contribution < -0.4 is 20.3 Å². The van der Waals surface area contributed by atoms with Crippen LogP contribution in [0.15, 0.2) is 35.9 Å². The first kappa shape index (κ1) is 50.8. The third-order valence-electron chi connectivity index (χ3n) is 11.7. The number of anilines is 1. The molecule has 5 aliphatic heterocycles. The minimum atomic E-state index is -1.88. The van der Waals surface area contributed by atoms with E-state index in [-0.39, 0.29) is 81.2 Å². The van der Waals surface area contributed by atoms with Gasteiger partial charge in [0.1, 0.15) is 40.3 Å². The Balaban J connectivity index is 1.25. The first-order valence-corrected chi connectivity index (χ1v) is 22.7. The topological polar surface area (TPSA) is 218 Å². The number of nitrogens with zero attached hydrogens (tertiary/aromatic N) is 2. The predicted octanol–water partition coefficient (Wildman–Crippen LogP) is 3.62. The maximum Gasteiger partial charge on any atom is 0.409 e. The van der Waals surface area contributed by atoms with Crippen LogP contribution in [0.5, 0.6) is 5.75 Å². The van der Waals surface area contributed by atoms with Crippen molar-refractivity contribution in [3.8, 4) is 5.75 Å². The Morgan fingerprint density at radius 1 is 1.09 bits per heavy atom. The van der Waals surface area contributed by atoms with Gasteiger partial charge in [0.25, 0.3) is 0 Å². The van der Waals surface area contributed by atoms with E-state index in [1.54, 1.807) is 52.1 Å². The summed E-state index contributed by atoms with van der Waals surface area (Å²) >= 11 is 8.07. The number of allylic oxidation sites excluding steroid dienone is 3. The van der Waals surface area contributed by atoms with Crippen LogP contribution >= 0.6 is 23.4 Å². The zero-order chi connectivity index (χ0) is 47.0. The summed E-state index contributed by atoms with van der Waals surface area (Å²) in [4.78, 5) is 80.2. The minimum Gasteiger partial charge on any atom is -0.495 e. The molecule has 354 valence electrons. The lowest BCUT2D eigenvalue weighted by atomic mass is 9.72. The second-order valence-electron chi connectivity index (χ2n) is 16.8. The fourth-order valence-electron chi connectivity index (χ4n) is 8.35. The maximum absolute atomic E-state index is 14.2. The molecule has 64 heavy (non-hydrogen) atoms. The number of rotatable bonds is 16. The monoisotopic (exact) mass is 936 g/mol. The highest BCUT2D eigenvalue weighted by Gasteiger charge is 2.63. The molecule has 1 aromatic carbocycles. The molecule has 5 amide bonds. The predicted molar refractivity (Wildman–Crippen MR) is 236 cm³/mol. The number of imide groups is 1. The molecule has 8 atom stereocenters. The summed E-state index contributed by atoms with van der Waals surface area (Å²) in [5.74, 6) is -1.30. The summed E-state index contributed by atoms with van der Waals surface area (Å²) in [6.07, 6.45) is 0.393. The molecule has 0 radical (unpaired) electrons. The molecule has 5 heterocycles. The number of fused-ring (bicyclic) bond motifs is 6. The molecule has 3 saturated heterocycles. The van der Waals surface area contributed by atoms with E-state index in [1.807, 2.05) is 13.0 Å². The van der Waals surface area contributed by atoms with Gasteiger partial charge in [-0.15, -0.1) is 11.8 Å². The second kappa shape index (κ2) is 21.8. The number of thioether (sulfide) groups is 1. The molecule has 18 nitrogen and oxygen atoms in total. The van der Waals surface area contributed by atoms with E-state index in [9.17, 15) is 33.9 Å². The van der Waals surface area contributed by atoms with E-state index >= 15 is 0 Å². The van der Waals surface area contributed by atoms with Crippen molar-refractivity contribution in [1.82, 2.24) is 15.5 Å². The lowest BCUT2D eigenvalue weighted by Gasteiger charge is -2.59. The summed E-state index contributed by atoms with van der Waals surface area (Å²) in [7, 11) is 4.46. The number of carbonyl (C=O) groups excluding carboxylic acids is 6. The normalized spacial score (nSPS) is 30.4. The van der Waals surface area contributed by atoms with Gasteiger partial charge in [0.05, 0.1) is 44.3 Å². The number of hydrogen-bond acceptors (Lipinski definition) is 15. The Hall–Kier alpha value is -4.24. The molecule has 0 saturated carbocycles. The summed E-state index contributed by atoms with van der Waals surface area (Å²) in [5.41, 5.74) is -2.24. The highest BCUT2D eigenvalue weighted by molar-refractivity contribution is 8.00. The van der Waals surface area contributed by atoms with Gasteiger partial charge in [0, 0.05) is 58.7 Å². The fourth-order valence-corrected chi connectivity index (χ4v) is 9.70. The molecule has 6 rings (SSSR count). The van der Waals surface area contributed by atoms with E-state index in [1.165, 1.54) is 37.8 Å². The number of halogens is 1. The lowest BCUT2D eigenvalue weighted by molar-refractivity contribution is -0.328. The van der Waals surface area contributed by atoms with Crippen LogP contribution in [0.25, 0.3) is 0 Å². The first-order chi connectivity index (χ1) is 30.3. The van der Waals surface area contributed by atoms with Gasteiger partial charge in [-0.3, -0.25) is 29.4 Å². The molecule has 20 heteroatoms. The number of carbonyl (C=O) groups is 6. The van der Waals surface area contributed by atoms with Gasteiger partial charge in [-0.25, -0.2) is 9.59 Å². The third kappa shape index (κ3) is 12.1. The molecule has 3 unspecified atom stereocenters. The number of aliphatic hydroxyl groups is 1. The summed E-state index contributed by atoms with van der Waals surface area (Å²) in [6.45, 7) is 9.50. The van der Waals surface area contributed by atoms with Crippen LogP contribution in [0.1, 0.15) is 72.3 Å². The van der Waals surface area contributed by atoms with Gasteiger partial charge >= 0.3 is 12.1 Å². The van der Waals surface area contributed by atoms with E-state index in [4.69, 9.17) is 44.8 Å². The Bertz CT molecular complexity index is 1980. The maximum atomic E-state index is 14.2. The van der Waals surface area contributed by atoms with Crippen molar-refractivity contribution in [1.29, 1.82) is 0 Å². The Morgan fingerprint density at radius 2 is 1.83 bits per heavy atom. The molecular weight excluding hydrogens is 876 g/mol. The Kier molecular flexibility index (Phi) is 17.3. The number of methoxy groups -OCH3 is 2. The van der Waals surface area contributed by atoms with Crippen LogP contribution in [-0.4, -0.2) is 152 Å². The molecule has 0 aromatic heterocycles. The molecule has 1 aromatic rings. The fraction of sp³-hybridized carbons (Fsp3) is 0.636. The number of benzene rings is 1. The van der Waals surface area contributed by atoms with Gasteiger partial charge < -0.3 is 48.5 Å². The smallest absolute Gasteiger partial charge is 0.409 e. The average molecular weight is 938 g/mol. The number of ether oxygens (including phenoxy) is 7. The molecule has 0 aliphatic carbocycles. The van der Waals surface area contributed by atoms with Crippen LogP contribution in [-0.2, 0) is 58.8 Å². The molecule has 0 spiro atoms. The van der Waals surface area contributed by atoms with Crippen molar-refractivity contribution < 1.29 is 67.0 Å². The van der Waals surface area contributed by atoms with Crippen molar-refractivity contribution in [2.75, 3.05) is 64.8 Å². The number of alkyl carbamates (subject to hydrolysis) is 1.